The van der Waals surface area contributed by atoms with Crippen molar-refractivity contribution >= 4 is 7.32 Å². The average molecular weight is 321 g/mol. The SMILES string of the molecule is COc1ccc(C2COc3cc(OB(O)O)cc(F)c3O2)cn1. The van der Waals surface area contributed by atoms with Gasteiger partial charge in [-0.25, -0.2) is 9.37 Å². The molecule has 1 atom stereocenters. The van der Waals surface area contributed by atoms with Gasteiger partial charge in [-0.1, -0.05) is 0 Å². The Morgan fingerprint density at radius 3 is 2.83 bits per heavy atom. The molecule has 0 saturated carbocycles. The molecule has 2 heterocycles. The molecule has 120 valence electrons. The Hall–Kier alpha value is -2.52. The first-order chi connectivity index (χ1) is 11.1. The third-order valence-electron chi connectivity index (χ3n) is 3.22. The molecule has 1 aliphatic heterocycles. The number of nitrogens with zero attached hydrogens (tertiary/aromatic N) is 1. The van der Waals surface area contributed by atoms with Crippen LogP contribution in [0.25, 0.3) is 0 Å². The highest BCUT2D eigenvalue weighted by molar-refractivity contribution is 6.33. The zero-order valence-corrected chi connectivity index (χ0v) is 12.1. The third kappa shape index (κ3) is 3.30. The molecule has 0 amide bonds. The van der Waals surface area contributed by atoms with Crippen LogP contribution in [0.15, 0.2) is 30.5 Å². The lowest BCUT2D eigenvalue weighted by molar-refractivity contribution is 0.0850. The Morgan fingerprint density at radius 1 is 1.35 bits per heavy atom. The van der Waals surface area contributed by atoms with Crippen LogP contribution in [-0.4, -0.2) is 36.1 Å². The Labute approximate surface area is 131 Å². The van der Waals surface area contributed by atoms with Crippen molar-refractivity contribution in [1.29, 1.82) is 0 Å². The van der Waals surface area contributed by atoms with E-state index in [0.717, 1.165) is 6.07 Å². The molecule has 0 bridgehead atoms. The first-order valence-corrected chi connectivity index (χ1v) is 6.72. The summed E-state index contributed by atoms with van der Waals surface area (Å²) in [5, 5.41) is 17.5. The molecule has 0 radical (unpaired) electrons. The van der Waals surface area contributed by atoms with E-state index < -0.39 is 19.2 Å². The molecule has 2 aromatic rings. The molecule has 3 rings (SSSR count). The highest BCUT2D eigenvalue weighted by Gasteiger charge is 2.27. The molecule has 1 unspecified atom stereocenters. The van der Waals surface area contributed by atoms with Gasteiger partial charge in [0.15, 0.2) is 23.4 Å². The number of benzene rings is 1. The number of fused-ring (bicyclic) bond motifs is 1. The van der Waals surface area contributed by atoms with Crippen molar-refractivity contribution in [3.8, 4) is 23.1 Å². The van der Waals surface area contributed by atoms with E-state index in [4.69, 9.17) is 24.3 Å². The number of pyridine rings is 1. The van der Waals surface area contributed by atoms with Crippen LogP contribution in [0.1, 0.15) is 11.7 Å². The van der Waals surface area contributed by atoms with Crippen molar-refractivity contribution in [3.05, 3.63) is 41.8 Å². The van der Waals surface area contributed by atoms with Crippen LogP contribution in [0.4, 0.5) is 4.39 Å². The Bertz CT molecular complexity index is 696. The lowest BCUT2D eigenvalue weighted by Gasteiger charge is -2.27. The minimum Gasteiger partial charge on any atom is -0.512 e. The first kappa shape index (κ1) is 15.4. The molecule has 0 aliphatic carbocycles. The van der Waals surface area contributed by atoms with E-state index in [2.05, 4.69) is 9.64 Å². The first-order valence-electron chi connectivity index (χ1n) is 6.72. The van der Waals surface area contributed by atoms with Crippen molar-refractivity contribution in [2.45, 2.75) is 6.10 Å². The van der Waals surface area contributed by atoms with E-state index in [1.165, 1.54) is 13.2 Å². The van der Waals surface area contributed by atoms with Gasteiger partial charge in [0.1, 0.15) is 12.4 Å². The Morgan fingerprint density at radius 2 is 2.17 bits per heavy atom. The Balaban J connectivity index is 1.82. The van der Waals surface area contributed by atoms with Crippen LogP contribution in [0.5, 0.6) is 23.1 Å². The van der Waals surface area contributed by atoms with Crippen LogP contribution in [0, 0.1) is 5.82 Å². The second kappa shape index (κ2) is 6.31. The second-order valence-corrected chi connectivity index (χ2v) is 4.73. The normalized spacial score (nSPS) is 15.9. The van der Waals surface area contributed by atoms with Crippen molar-refractivity contribution in [1.82, 2.24) is 4.98 Å². The van der Waals surface area contributed by atoms with Gasteiger partial charge in [-0.2, -0.15) is 0 Å². The Kier molecular flexibility index (Phi) is 4.22. The number of methoxy groups -OCH3 is 1. The summed E-state index contributed by atoms with van der Waals surface area (Å²) >= 11 is 0. The zero-order valence-electron chi connectivity index (χ0n) is 12.1. The fourth-order valence-electron chi connectivity index (χ4n) is 2.16. The minimum atomic E-state index is -2.05. The largest absolute Gasteiger partial charge is 0.707 e. The predicted octanol–water partition coefficient (Wildman–Crippen LogP) is 1.09. The summed E-state index contributed by atoms with van der Waals surface area (Å²) in [7, 11) is -0.535. The monoisotopic (exact) mass is 321 g/mol. The molecular formula is C14H13BFNO6. The molecule has 0 spiro atoms. The summed E-state index contributed by atoms with van der Waals surface area (Å²) in [6.07, 6.45) is 1.04. The summed E-state index contributed by atoms with van der Waals surface area (Å²) < 4.78 is 34.8. The highest BCUT2D eigenvalue weighted by Crippen LogP contribution is 2.41. The molecular weight excluding hydrogens is 308 g/mol. The number of aromatic nitrogens is 1. The van der Waals surface area contributed by atoms with E-state index in [1.807, 2.05) is 0 Å². The van der Waals surface area contributed by atoms with Crippen LogP contribution in [0.3, 0.4) is 0 Å². The third-order valence-corrected chi connectivity index (χ3v) is 3.22. The lowest BCUT2D eigenvalue weighted by Crippen LogP contribution is -2.23. The molecule has 7 nitrogen and oxygen atoms in total. The summed E-state index contributed by atoms with van der Waals surface area (Å²) in [6.45, 7) is 0.144. The summed E-state index contributed by atoms with van der Waals surface area (Å²) in [6, 6.07) is 5.73. The number of rotatable bonds is 4. The van der Waals surface area contributed by atoms with Crippen molar-refractivity contribution in [2.24, 2.45) is 0 Å². The van der Waals surface area contributed by atoms with Gasteiger partial charge in [0.2, 0.25) is 5.88 Å². The van der Waals surface area contributed by atoms with Gasteiger partial charge in [0.05, 0.1) is 7.11 Å². The summed E-state index contributed by atoms with van der Waals surface area (Å²) in [5.41, 5.74) is 0.710. The molecule has 23 heavy (non-hydrogen) atoms. The average Bonchev–Trinajstić information content (AvgIpc) is 2.54. The van der Waals surface area contributed by atoms with Gasteiger partial charge in [-0.3, -0.25) is 0 Å². The van der Waals surface area contributed by atoms with Gasteiger partial charge >= 0.3 is 7.32 Å². The molecule has 1 aromatic heterocycles. The molecule has 9 heteroatoms. The fraction of sp³-hybridized carbons (Fsp3) is 0.214. The van der Waals surface area contributed by atoms with Crippen molar-refractivity contribution in [2.75, 3.05) is 13.7 Å². The van der Waals surface area contributed by atoms with Crippen LogP contribution in [-0.2, 0) is 0 Å². The van der Waals surface area contributed by atoms with E-state index in [9.17, 15) is 4.39 Å². The minimum absolute atomic E-state index is 0.0724. The summed E-state index contributed by atoms with van der Waals surface area (Å²) in [4.78, 5) is 4.07. The molecule has 0 saturated heterocycles. The smallest absolute Gasteiger partial charge is 0.512 e. The maximum atomic E-state index is 14.1. The number of halogens is 1. The second-order valence-electron chi connectivity index (χ2n) is 4.73. The van der Waals surface area contributed by atoms with E-state index >= 15 is 0 Å². The fourth-order valence-corrected chi connectivity index (χ4v) is 2.16. The van der Waals surface area contributed by atoms with E-state index in [-0.39, 0.29) is 23.9 Å². The maximum Gasteiger partial charge on any atom is 0.707 e. The molecule has 1 aliphatic rings. The van der Waals surface area contributed by atoms with Crippen molar-refractivity contribution in [3.63, 3.8) is 0 Å². The summed E-state index contributed by atoms with van der Waals surface area (Å²) in [5.74, 6) is -0.301. The van der Waals surface area contributed by atoms with E-state index in [1.54, 1.807) is 18.3 Å². The van der Waals surface area contributed by atoms with Gasteiger partial charge in [-0.15, -0.1) is 0 Å². The van der Waals surface area contributed by atoms with E-state index in [0.29, 0.717) is 11.4 Å². The zero-order chi connectivity index (χ0) is 16.4. The number of ether oxygens (including phenoxy) is 3. The molecule has 2 N–H and O–H groups in total. The van der Waals surface area contributed by atoms with Gasteiger partial charge in [-0.05, 0) is 6.07 Å². The van der Waals surface area contributed by atoms with Gasteiger partial charge in [0, 0.05) is 30.0 Å². The number of hydrogen-bond acceptors (Lipinski definition) is 7. The lowest BCUT2D eigenvalue weighted by atomic mass is 10.1. The maximum absolute atomic E-state index is 14.1. The number of hydrogen-bond donors (Lipinski definition) is 2. The predicted molar refractivity (Wildman–Crippen MR) is 76.9 cm³/mol. The topological polar surface area (TPSA) is 90.3 Å². The molecule has 0 fully saturated rings. The van der Waals surface area contributed by atoms with Crippen LogP contribution in [0.2, 0.25) is 0 Å². The standard InChI is InChI=1S/C14H13BFNO6/c1-20-13-3-2-8(6-17-13)12-7-21-11-5-9(23-15(18)19)4-10(16)14(11)22-12/h2-6,12,18-19H,7H2,1H3. The van der Waals surface area contributed by atoms with Gasteiger partial charge in [0.25, 0.3) is 0 Å². The van der Waals surface area contributed by atoms with Crippen LogP contribution >= 0.6 is 0 Å². The van der Waals surface area contributed by atoms with Crippen molar-refractivity contribution < 1.29 is 33.3 Å². The molecule has 1 aromatic carbocycles. The van der Waals surface area contributed by atoms with Gasteiger partial charge < -0.3 is 28.9 Å². The highest BCUT2D eigenvalue weighted by atomic mass is 19.1. The quantitative estimate of drug-likeness (QED) is 0.815. The van der Waals surface area contributed by atoms with Crippen LogP contribution < -0.4 is 18.9 Å².